The maximum absolute atomic E-state index is 13.4. The SMILES string of the molecule is COc1cccc(N2C[C@]34C=C[C@@H](O3)[C@@H](C(=O)NCCCc3ccccc3)[C@@H]4C2=O)c1. The number of amides is 2. The molecule has 3 aliphatic rings. The molecule has 2 amide bonds. The summed E-state index contributed by atoms with van der Waals surface area (Å²) < 4.78 is 11.5. The quantitative estimate of drug-likeness (QED) is 0.555. The van der Waals surface area contributed by atoms with Gasteiger partial charge in [-0.1, -0.05) is 48.6 Å². The number of hydrogen-bond acceptors (Lipinski definition) is 4. The zero-order chi connectivity index (χ0) is 21.4. The van der Waals surface area contributed by atoms with Crippen LogP contribution in [0.3, 0.4) is 0 Å². The highest BCUT2D eigenvalue weighted by molar-refractivity contribution is 6.03. The van der Waals surface area contributed by atoms with Crippen molar-refractivity contribution in [2.75, 3.05) is 25.1 Å². The van der Waals surface area contributed by atoms with E-state index in [9.17, 15) is 9.59 Å². The van der Waals surface area contributed by atoms with Gasteiger partial charge in [0, 0.05) is 18.3 Å². The highest BCUT2D eigenvalue weighted by atomic mass is 16.5. The number of rotatable bonds is 7. The van der Waals surface area contributed by atoms with Crippen molar-refractivity contribution < 1.29 is 19.1 Å². The number of fused-ring (bicyclic) bond motifs is 1. The number of nitrogens with one attached hydrogen (secondary N) is 1. The first-order valence-corrected chi connectivity index (χ1v) is 10.8. The van der Waals surface area contributed by atoms with Crippen LogP contribution >= 0.6 is 0 Å². The maximum atomic E-state index is 13.4. The van der Waals surface area contributed by atoms with Crippen molar-refractivity contribution in [3.05, 3.63) is 72.3 Å². The van der Waals surface area contributed by atoms with Gasteiger partial charge in [-0.25, -0.2) is 0 Å². The molecule has 1 spiro atoms. The van der Waals surface area contributed by atoms with E-state index >= 15 is 0 Å². The number of carbonyl (C=O) groups excluding carboxylic acids is 2. The van der Waals surface area contributed by atoms with Crippen LogP contribution in [0.2, 0.25) is 0 Å². The first-order chi connectivity index (χ1) is 15.1. The van der Waals surface area contributed by atoms with Gasteiger partial charge in [0.05, 0.1) is 31.6 Å². The molecule has 2 aromatic carbocycles. The summed E-state index contributed by atoms with van der Waals surface area (Å²) >= 11 is 0. The number of aryl methyl sites for hydroxylation is 1. The molecule has 0 unspecified atom stereocenters. The van der Waals surface area contributed by atoms with E-state index in [1.807, 2.05) is 54.6 Å². The smallest absolute Gasteiger partial charge is 0.234 e. The Bertz CT molecular complexity index is 1020. The third kappa shape index (κ3) is 3.41. The highest BCUT2D eigenvalue weighted by Gasteiger charge is 2.67. The average molecular weight is 418 g/mol. The minimum atomic E-state index is -0.725. The van der Waals surface area contributed by atoms with Gasteiger partial charge >= 0.3 is 0 Å². The summed E-state index contributed by atoms with van der Waals surface area (Å²) in [7, 11) is 1.60. The Balaban J connectivity index is 1.27. The topological polar surface area (TPSA) is 67.9 Å². The number of methoxy groups -OCH3 is 1. The van der Waals surface area contributed by atoms with Gasteiger partial charge in [0.15, 0.2) is 0 Å². The van der Waals surface area contributed by atoms with Crippen LogP contribution in [0.1, 0.15) is 12.0 Å². The Morgan fingerprint density at radius 2 is 2.06 bits per heavy atom. The minimum Gasteiger partial charge on any atom is -0.497 e. The first-order valence-electron chi connectivity index (χ1n) is 10.8. The van der Waals surface area contributed by atoms with Gasteiger partial charge in [-0.2, -0.15) is 0 Å². The lowest BCUT2D eigenvalue weighted by Gasteiger charge is -2.23. The van der Waals surface area contributed by atoms with Crippen LogP contribution in [-0.2, 0) is 20.7 Å². The second-order valence-corrected chi connectivity index (χ2v) is 8.41. The third-order valence-corrected chi connectivity index (χ3v) is 6.55. The molecule has 2 saturated heterocycles. The Kier molecular flexibility index (Phi) is 5.02. The molecule has 0 radical (unpaired) electrons. The first kappa shape index (κ1) is 19.8. The second-order valence-electron chi connectivity index (χ2n) is 8.41. The standard InChI is InChI=1S/C25H26N2O4/c1-30-19-11-5-10-18(15-19)27-16-25-13-12-20(31-25)21(22(25)24(27)29)23(28)26-14-6-9-17-7-3-2-4-8-17/h2-5,7-8,10-13,15,20-22H,6,9,14,16H2,1H3,(H,26,28)/t20-,21-,22-,25+/m1/s1. The van der Waals surface area contributed by atoms with Gasteiger partial charge in [-0.15, -0.1) is 0 Å². The summed E-state index contributed by atoms with van der Waals surface area (Å²) in [6.07, 6.45) is 5.33. The largest absolute Gasteiger partial charge is 0.497 e. The van der Waals surface area contributed by atoms with Crippen molar-refractivity contribution in [3.63, 3.8) is 0 Å². The van der Waals surface area contributed by atoms with Gasteiger partial charge in [-0.3, -0.25) is 9.59 Å². The van der Waals surface area contributed by atoms with Gasteiger partial charge in [0.25, 0.3) is 0 Å². The molecular weight excluding hydrogens is 392 g/mol. The summed E-state index contributed by atoms with van der Waals surface area (Å²) in [6.45, 7) is 0.989. The predicted octanol–water partition coefficient (Wildman–Crippen LogP) is 2.73. The van der Waals surface area contributed by atoms with Crippen LogP contribution in [-0.4, -0.2) is 43.7 Å². The van der Waals surface area contributed by atoms with Gasteiger partial charge < -0.3 is 19.7 Å². The van der Waals surface area contributed by atoms with E-state index in [4.69, 9.17) is 9.47 Å². The molecule has 0 saturated carbocycles. The van der Waals surface area contributed by atoms with Crippen molar-refractivity contribution in [3.8, 4) is 5.75 Å². The monoisotopic (exact) mass is 418 g/mol. The van der Waals surface area contributed by atoms with Gasteiger partial charge in [-0.05, 0) is 30.5 Å². The number of benzene rings is 2. The van der Waals surface area contributed by atoms with Crippen molar-refractivity contribution in [1.29, 1.82) is 0 Å². The molecule has 5 rings (SSSR count). The fraction of sp³-hybridized carbons (Fsp3) is 0.360. The molecule has 1 N–H and O–H groups in total. The molecule has 2 bridgehead atoms. The van der Waals surface area contributed by atoms with E-state index < -0.39 is 17.4 Å². The summed E-state index contributed by atoms with van der Waals surface area (Å²) in [5.41, 5.74) is 1.29. The van der Waals surface area contributed by atoms with Crippen LogP contribution in [0.4, 0.5) is 5.69 Å². The molecule has 0 aliphatic carbocycles. The number of hydrogen-bond donors (Lipinski definition) is 1. The lowest BCUT2D eigenvalue weighted by Crippen LogP contribution is -2.44. The Labute approximate surface area is 181 Å². The normalized spacial score (nSPS) is 28.1. The van der Waals surface area contributed by atoms with E-state index in [2.05, 4.69) is 17.4 Å². The Hall–Kier alpha value is -3.12. The van der Waals surface area contributed by atoms with Crippen molar-refractivity contribution in [1.82, 2.24) is 5.32 Å². The minimum absolute atomic E-state index is 0.0652. The van der Waals surface area contributed by atoms with Gasteiger partial charge in [0.2, 0.25) is 11.8 Å². The van der Waals surface area contributed by atoms with Crippen LogP contribution in [0, 0.1) is 11.8 Å². The third-order valence-electron chi connectivity index (χ3n) is 6.55. The molecule has 160 valence electrons. The molecule has 31 heavy (non-hydrogen) atoms. The van der Waals surface area contributed by atoms with Crippen molar-refractivity contribution in [2.45, 2.75) is 24.5 Å². The molecule has 6 nitrogen and oxygen atoms in total. The molecule has 2 aromatic rings. The summed E-state index contributed by atoms with van der Waals surface area (Å²) in [5, 5.41) is 3.04. The number of anilines is 1. The van der Waals surface area contributed by atoms with Crippen molar-refractivity contribution >= 4 is 17.5 Å². The average Bonchev–Trinajstić information content (AvgIpc) is 3.45. The molecule has 3 aliphatic heterocycles. The van der Waals surface area contributed by atoms with Crippen LogP contribution < -0.4 is 15.0 Å². The maximum Gasteiger partial charge on any atom is 0.234 e. The molecular formula is C25H26N2O4. The van der Waals surface area contributed by atoms with Crippen molar-refractivity contribution in [2.24, 2.45) is 11.8 Å². The van der Waals surface area contributed by atoms with E-state index in [0.717, 1.165) is 18.5 Å². The highest BCUT2D eigenvalue weighted by Crippen LogP contribution is 2.52. The second kappa shape index (κ2) is 7.85. The lowest BCUT2D eigenvalue weighted by molar-refractivity contribution is -0.131. The zero-order valence-corrected chi connectivity index (χ0v) is 17.5. The Morgan fingerprint density at radius 3 is 2.87 bits per heavy atom. The molecule has 6 heteroatoms. The molecule has 0 aromatic heterocycles. The molecule has 4 atom stereocenters. The summed E-state index contributed by atoms with van der Waals surface area (Å²) in [6, 6.07) is 17.6. The summed E-state index contributed by atoms with van der Waals surface area (Å²) in [5.74, 6) is -0.472. The predicted molar refractivity (Wildman–Crippen MR) is 117 cm³/mol. The zero-order valence-electron chi connectivity index (χ0n) is 17.5. The van der Waals surface area contributed by atoms with E-state index in [0.29, 0.717) is 18.8 Å². The van der Waals surface area contributed by atoms with E-state index in [1.54, 1.807) is 12.0 Å². The number of nitrogens with zero attached hydrogens (tertiary/aromatic N) is 1. The van der Waals surface area contributed by atoms with Gasteiger partial charge in [0.1, 0.15) is 11.4 Å². The van der Waals surface area contributed by atoms with E-state index in [1.165, 1.54) is 5.56 Å². The fourth-order valence-corrected chi connectivity index (χ4v) is 5.06. The van der Waals surface area contributed by atoms with Crippen LogP contribution in [0.25, 0.3) is 0 Å². The van der Waals surface area contributed by atoms with Crippen LogP contribution in [0.5, 0.6) is 5.75 Å². The molecule has 3 heterocycles. The van der Waals surface area contributed by atoms with Crippen LogP contribution in [0.15, 0.2) is 66.7 Å². The lowest BCUT2D eigenvalue weighted by atomic mass is 9.77. The number of carbonyl (C=O) groups is 2. The molecule has 2 fully saturated rings. The fourth-order valence-electron chi connectivity index (χ4n) is 5.06. The van der Waals surface area contributed by atoms with E-state index in [-0.39, 0.29) is 17.9 Å². The summed E-state index contributed by atoms with van der Waals surface area (Å²) in [4.78, 5) is 28.2. The Morgan fingerprint density at radius 1 is 1.23 bits per heavy atom. The number of ether oxygens (including phenoxy) is 2.